The molecule has 0 aliphatic carbocycles. The molecule has 0 bridgehead atoms. The molecular weight excluding hydrogens is 540 g/mol. The zero-order valence-electron chi connectivity index (χ0n) is 21.8. The topological polar surface area (TPSA) is 103 Å². The van der Waals surface area contributed by atoms with Crippen LogP contribution in [0.15, 0.2) is 53.8 Å². The fourth-order valence-electron chi connectivity index (χ4n) is 4.25. The first-order chi connectivity index (χ1) is 19.0. The Morgan fingerprint density at radius 2 is 1.72 bits per heavy atom. The van der Waals surface area contributed by atoms with Gasteiger partial charge in [0.05, 0.1) is 26.1 Å². The van der Waals surface area contributed by atoms with Gasteiger partial charge in [0.25, 0.3) is 5.91 Å². The van der Waals surface area contributed by atoms with Gasteiger partial charge in [0, 0.05) is 36.8 Å². The van der Waals surface area contributed by atoms with Crippen LogP contribution in [0, 0.1) is 0 Å². The first kappa shape index (κ1) is 26.8. The van der Waals surface area contributed by atoms with Crippen molar-refractivity contribution in [3.63, 3.8) is 0 Å². The highest BCUT2D eigenvalue weighted by atomic mass is 35.5. The van der Waals surface area contributed by atoms with Crippen LogP contribution < -0.4 is 19.1 Å². The summed E-state index contributed by atoms with van der Waals surface area (Å²) in [5, 5.41) is 1.23. The van der Waals surface area contributed by atoms with Crippen molar-refractivity contribution >= 4 is 46.3 Å². The molecule has 1 amide bonds. The van der Waals surface area contributed by atoms with Crippen molar-refractivity contribution in [3.05, 3.63) is 53.7 Å². The van der Waals surface area contributed by atoms with Gasteiger partial charge in [-0.25, -0.2) is 19.9 Å². The largest absolute Gasteiger partial charge is 0.493 e. The van der Waals surface area contributed by atoms with E-state index in [0.717, 1.165) is 5.56 Å². The lowest BCUT2D eigenvalue weighted by Gasteiger charge is -2.35. The van der Waals surface area contributed by atoms with E-state index in [4.69, 9.17) is 35.8 Å². The number of benzene rings is 2. The smallest absolute Gasteiger partial charge is 0.260 e. The van der Waals surface area contributed by atoms with Crippen molar-refractivity contribution in [3.8, 4) is 28.5 Å². The third kappa shape index (κ3) is 5.94. The number of hydrogen-bond donors (Lipinski definition) is 0. The second-order valence-electron chi connectivity index (χ2n) is 8.64. The minimum absolute atomic E-state index is 0.0329. The second kappa shape index (κ2) is 11.9. The van der Waals surface area contributed by atoms with Gasteiger partial charge in [-0.05, 0) is 48.7 Å². The van der Waals surface area contributed by atoms with Crippen molar-refractivity contribution in [1.29, 1.82) is 0 Å². The molecule has 0 N–H and O–H groups in total. The second-order valence-corrected chi connectivity index (χ2v) is 9.85. The molecule has 0 radical (unpaired) electrons. The Bertz CT molecular complexity index is 1480. The fraction of sp³-hybridized carbons (Fsp3) is 0.296. The van der Waals surface area contributed by atoms with E-state index >= 15 is 0 Å². The SMILES string of the molecule is COc1ccc(-c2cnc3nc(SC)nc(N4CCN(C(=O)COc5ccc(Cl)cc5)CC4)c3n2)cc1OC. The summed E-state index contributed by atoms with van der Waals surface area (Å²) in [6.45, 7) is 2.22. The van der Waals surface area contributed by atoms with Crippen LogP contribution in [0.5, 0.6) is 17.2 Å². The van der Waals surface area contributed by atoms with Crippen LogP contribution in [-0.2, 0) is 4.79 Å². The van der Waals surface area contributed by atoms with E-state index in [0.29, 0.717) is 76.3 Å². The highest BCUT2D eigenvalue weighted by Gasteiger charge is 2.25. The van der Waals surface area contributed by atoms with Crippen LogP contribution in [0.4, 0.5) is 5.82 Å². The number of thioether (sulfide) groups is 1. The van der Waals surface area contributed by atoms with Gasteiger partial charge in [0.1, 0.15) is 5.75 Å². The zero-order valence-corrected chi connectivity index (χ0v) is 23.3. The first-order valence-electron chi connectivity index (χ1n) is 12.2. The minimum Gasteiger partial charge on any atom is -0.493 e. The highest BCUT2D eigenvalue weighted by Crippen LogP contribution is 2.33. The normalized spacial score (nSPS) is 13.4. The number of piperazine rings is 1. The summed E-state index contributed by atoms with van der Waals surface area (Å²) in [5.74, 6) is 2.47. The molecule has 1 saturated heterocycles. The van der Waals surface area contributed by atoms with Crippen molar-refractivity contribution in [2.75, 3.05) is 58.2 Å². The van der Waals surface area contributed by atoms with Gasteiger partial charge in [0.2, 0.25) is 0 Å². The van der Waals surface area contributed by atoms with Crippen LogP contribution in [0.25, 0.3) is 22.4 Å². The number of rotatable bonds is 8. The fourth-order valence-corrected chi connectivity index (χ4v) is 4.74. The molecule has 2 aromatic heterocycles. The van der Waals surface area contributed by atoms with Gasteiger partial charge in [0.15, 0.2) is 40.2 Å². The van der Waals surface area contributed by atoms with E-state index in [9.17, 15) is 4.79 Å². The maximum Gasteiger partial charge on any atom is 0.260 e. The number of methoxy groups -OCH3 is 2. The molecule has 5 rings (SSSR count). The summed E-state index contributed by atoms with van der Waals surface area (Å²) in [6, 6.07) is 12.6. The molecule has 0 spiro atoms. The third-order valence-electron chi connectivity index (χ3n) is 6.34. The average molecular weight is 567 g/mol. The Hall–Kier alpha value is -3.83. The quantitative estimate of drug-likeness (QED) is 0.228. The van der Waals surface area contributed by atoms with E-state index < -0.39 is 0 Å². The predicted molar refractivity (Wildman–Crippen MR) is 151 cm³/mol. The molecule has 0 saturated carbocycles. The summed E-state index contributed by atoms with van der Waals surface area (Å²) >= 11 is 7.36. The number of ether oxygens (including phenoxy) is 3. The monoisotopic (exact) mass is 566 g/mol. The summed E-state index contributed by atoms with van der Waals surface area (Å²) in [4.78, 5) is 35.6. The van der Waals surface area contributed by atoms with E-state index in [1.165, 1.54) is 11.8 Å². The lowest BCUT2D eigenvalue weighted by atomic mass is 10.1. The zero-order chi connectivity index (χ0) is 27.4. The number of halogens is 1. The Balaban J connectivity index is 1.35. The molecule has 3 heterocycles. The lowest BCUT2D eigenvalue weighted by Crippen LogP contribution is -2.50. The molecule has 39 heavy (non-hydrogen) atoms. The van der Waals surface area contributed by atoms with Crippen molar-refractivity contribution < 1.29 is 19.0 Å². The molecular formula is C27H27ClN6O4S. The van der Waals surface area contributed by atoms with Crippen LogP contribution in [0.2, 0.25) is 5.02 Å². The first-order valence-corrected chi connectivity index (χ1v) is 13.8. The standard InChI is InChI=1S/C27H27ClN6O4S/c1-36-21-9-4-17(14-22(21)37-2)20-15-29-25-24(30-20)26(32-27(31-25)39-3)34-12-10-33(11-13-34)23(35)16-38-19-7-5-18(28)6-8-19/h4-9,14-15H,10-13,16H2,1-3H3. The van der Waals surface area contributed by atoms with Crippen molar-refractivity contribution in [1.82, 2.24) is 24.8 Å². The van der Waals surface area contributed by atoms with E-state index in [1.807, 2.05) is 24.5 Å². The average Bonchev–Trinajstić information content (AvgIpc) is 2.99. The Kier molecular flexibility index (Phi) is 8.18. The van der Waals surface area contributed by atoms with Gasteiger partial charge in [-0.2, -0.15) is 0 Å². The van der Waals surface area contributed by atoms with Gasteiger partial charge < -0.3 is 24.0 Å². The predicted octanol–water partition coefficient (Wildman–Crippen LogP) is 4.21. The van der Waals surface area contributed by atoms with Gasteiger partial charge in [-0.3, -0.25) is 4.79 Å². The highest BCUT2D eigenvalue weighted by molar-refractivity contribution is 7.98. The summed E-state index contributed by atoms with van der Waals surface area (Å²) < 4.78 is 16.5. The van der Waals surface area contributed by atoms with Gasteiger partial charge in [-0.1, -0.05) is 23.4 Å². The van der Waals surface area contributed by atoms with E-state index in [-0.39, 0.29) is 12.5 Å². The van der Waals surface area contributed by atoms with Crippen molar-refractivity contribution in [2.24, 2.45) is 0 Å². The van der Waals surface area contributed by atoms with Crippen molar-refractivity contribution in [2.45, 2.75) is 5.16 Å². The number of nitrogens with zero attached hydrogens (tertiary/aromatic N) is 6. The number of fused-ring (bicyclic) bond motifs is 1. The van der Waals surface area contributed by atoms with E-state index in [2.05, 4.69) is 14.9 Å². The molecule has 1 aliphatic rings. The molecule has 12 heteroatoms. The molecule has 10 nitrogen and oxygen atoms in total. The van der Waals surface area contributed by atoms with Crippen LogP contribution in [-0.4, -0.2) is 84.0 Å². The number of aromatic nitrogens is 4. The molecule has 202 valence electrons. The molecule has 4 aromatic rings. The summed E-state index contributed by atoms with van der Waals surface area (Å²) in [7, 11) is 3.19. The minimum atomic E-state index is -0.0718. The number of carbonyl (C=O) groups is 1. The number of hydrogen-bond acceptors (Lipinski definition) is 10. The van der Waals surface area contributed by atoms with Gasteiger partial charge in [-0.15, -0.1) is 0 Å². The number of carbonyl (C=O) groups excluding carboxylic acids is 1. The van der Waals surface area contributed by atoms with Gasteiger partial charge >= 0.3 is 0 Å². The summed E-state index contributed by atoms with van der Waals surface area (Å²) in [5.41, 5.74) is 2.62. The Labute approximate surface area is 235 Å². The van der Waals surface area contributed by atoms with Crippen LogP contribution in [0.3, 0.4) is 0 Å². The number of anilines is 1. The van der Waals surface area contributed by atoms with Crippen LogP contribution >= 0.6 is 23.4 Å². The molecule has 2 aromatic carbocycles. The summed E-state index contributed by atoms with van der Waals surface area (Å²) in [6.07, 6.45) is 3.62. The molecule has 0 unspecified atom stereocenters. The molecule has 1 fully saturated rings. The number of amides is 1. The molecule has 1 aliphatic heterocycles. The third-order valence-corrected chi connectivity index (χ3v) is 7.14. The van der Waals surface area contributed by atoms with E-state index in [1.54, 1.807) is 49.6 Å². The Morgan fingerprint density at radius 1 is 0.974 bits per heavy atom. The maximum atomic E-state index is 12.8. The van der Waals surface area contributed by atoms with Crippen LogP contribution in [0.1, 0.15) is 0 Å². The lowest BCUT2D eigenvalue weighted by molar-refractivity contribution is -0.133. The Morgan fingerprint density at radius 3 is 2.41 bits per heavy atom. The molecule has 0 atom stereocenters. The maximum absolute atomic E-state index is 12.8.